The third kappa shape index (κ3) is 437. The second-order valence-corrected chi connectivity index (χ2v) is 0.245. The van der Waals surface area contributed by atoms with Gasteiger partial charge in [0.05, 0.1) is 0 Å². The largest absolute Gasteiger partial charge is 1.00 e. The molecule has 0 radical (unpaired) electrons. The summed E-state index contributed by atoms with van der Waals surface area (Å²) >= 11 is 0. The second-order valence-electron chi connectivity index (χ2n) is 0.245. The fourth-order valence-electron chi connectivity index (χ4n) is 0. The monoisotopic (exact) mass is 237 g/mol. The minimum absolute atomic E-state index is 0. The molecule has 0 aliphatic heterocycles. The van der Waals surface area contributed by atoms with Crippen molar-refractivity contribution in [2.45, 2.75) is 0 Å². The van der Waals surface area contributed by atoms with Crippen molar-refractivity contribution in [3.63, 3.8) is 0 Å². The zero-order valence-electron chi connectivity index (χ0n) is 11.9. The van der Waals surface area contributed by atoms with E-state index in [2.05, 4.69) is 0 Å². The second kappa shape index (κ2) is 91.5. The van der Waals surface area contributed by atoms with E-state index >= 15 is 0 Å². The molecule has 0 aliphatic rings. The molecular weight excluding hydrogens is 230 g/mol. The molecule has 0 rings (SSSR count). The summed E-state index contributed by atoms with van der Waals surface area (Å²) in [6.07, 6.45) is 0. The molecule has 0 saturated heterocycles. The maximum atomic E-state index is 8.11. The maximum Gasteiger partial charge on any atom is 1.00 e. The molecular formula is H7N3Na4O6. The van der Waals surface area contributed by atoms with Crippen LogP contribution >= 0.6 is 0 Å². The van der Waals surface area contributed by atoms with Crippen molar-refractivity contribution >= 4 is 0 Å². The van der Waals surface area contributed by atoms with Gasteiger partial charge in [-0.1, -0.05) is 0 Å². The Morgan fingerprint density at radius 3 is 0.615 bits per heavy atom. The molecule has 13 heteroatoms. The zero-order valence-corrected chi connectivity index (χ0v) is 15.9. The first-order chi connectivity index (χ1) is 4.24. The summed E-state index contributed by atoms with van der Waals surface area (Å²) < 4.78 is 0. The first-order valence-electron chi connectivity index (χ1n) is 1.15. The van der Waals surface area contributed by atoms with Crippen LogP contribution in [0.5, 0.6) is 0 Å². The van der Waals surface area contributed by atoms with Gasteiger partial charge in [-0.25, -0.2) is 0 Å². The van der Waals surface area contributed by atoms with Gasteiger partial charge in [0.15, 0.2) is 16.0 Å². The van der Waals surface area contributed by atoms with Crippen molar-refractivity contribution in [2.75, 3.05) is 0 Å². The summed E-state index contributed by atoms with van der Waals surface area (Å²) in [5.41, 5.74) is 0. The van der Waals surface area contributed by atoms with Gasteiger partial charge < -0.3 is 21.3 Å². The van der Waals surface area contributed by atoms with E-state index in [1.54, 1.807) is 0 Å². The number of nitrogens with zero attached hydrogens (tertiary/aromatic N) is 3. The normalized spacial score (nSPS) is 2.77. The number of rotatable bonds is 0. The first-order valence-corrected chi connectivity index (χ1v) is 1.15. The summed E-state index contributed by atoms with van der Waals surface area (Å²) in [4.78, 5) is 24.3. The Bertz CT molecular complexity index is 70.0. The van der Waals surface area contributed by atoms with Gasteiger partial charge in [0.1, 0.15) is 0 Å². The summed E-state index contributed by atoms with van der Waals surface area (Å²) in [6.45, 7) is 0. The SMILES string of the molecule is O=NO.O=NO.O=NO.[H-].[H-].[H-].[H-].[Na+].[Na+].[Na+].[Na+]. The molecule has 3 N–H and O–H groups in total. The average molecular weight is 237 g/mol. The maximum absolute atomic E-state index is 8.11. The van der Waals surface area contributed by atoms with E-state index in [0.29, 0.717) is 0 Å². The Kier molecular flexibility index (Phi) is 321. The summed E-state index contributed by atoms with van der Waals surface area (Å²) in [5.74, 6) is 0. The van der Waals surface area contributed by atoms with Crippen LogP contribution in [0.25, 0.3) is 0 Å². The molecule has 9 nitrogen and oxygen atoms in total. The molecule has 0 aliphatic carbocycles. The van der Waals surface area contributed by atoms with Crippen molar-refractivity contribution in [1.29, 1.82) is 0 Å². The minimum atomic E-state index is 0. The molecule has 62 valence electrons. The van der Waals surface area contributed by atoms with Crippen LogP contribution in [0.4, 0.5) is 0 Å². The van der Waals surface area contributed by atoms with Crippen molar-refractivity contribution in [3.05, 3.63) is 14.7 Å². The van der Waals surface area contributed by atoms with Crippen LogP contribution in [0.15, 0.2) is 16.0 Å². The molecule has 0 unspecified atom stereocenters. The van der Waals surface area contributed by atoms with Gasteiger partial charge in [0.25, 0.3) is 0 Å². The van der Waals surface area contributed by atoms with Crippen LogP contribution in [0.1, 0.15) is 5.71 Å². The van der Waals surface area contributed by atoms with Crippen LogP contribution in [0.2, 0.25) is 0 Å². The first kappa shape index (κ1) is 45.6. The molecule has 0 atom stereocenters. The third-order valence-corrected chi connectivity index (χ3v) is 0. The predicted octanol–water partition coefficient (Wildman–Crippen LogP) is -11.1. The standard InChI is InChI=1S/3HNO2.4Na.4H/c3*2-1-3;;;;;;;;/h3*(H,2,3);;;;;;;;/q;;;4*+1;4*-1. The Labute approximate surface area is 167 Å². The van der Waals surface area contributed by atoms with Gasteiger partial charge in [-0.2, -0.15) is 0 Å². The zero-order chi connectivity index (χ0) is 8.12. The van der Waals surface area contributed by atoms with Crippen molar-refractivity contribution in [3.8, 4) is 0 Å². The summed E-state index contributed by atoms with van der Waals surface area (Å²) in [6, 6.07) is 0. The van der Waals surface area contributed by atoms with Gasteiger partial charge in [0, 0.05) is 0 Å². The van der Waals surface area contributed by atoms with Crippen molar-refractivity contribution < 1.29 is 140 Å². The molecule has 13 heavy (non-hydrogen) atoms. The van der Waals surface area contributed by atoms with E-state index in [9.17, 15) is 0 Å². The minimum Gasteiger partial charge on any atom is -1.00 e. The number of hydrogen-bond donors (Lipinski definition) is 3. The molecule has 0 saturated carbocycles. The predicted molar refractivity (Wildman–Crippen MR) is 27.2 cm³/mol. The fraction of sp³-hybridized carbons (Fsp3) is 0. The van der Waals surface area contributed by atoms with Crippen LogP contribution in [-0.4, -0.2) is 15.6 Å². The molecule has 0 amide bonds. The van der Waals surface area contributed by atoms with E-state index in [1.807, 2.05) is 0 Å². The Hall–Kier alpha value is 2.20. The smallest absolute Gasteiger partial charge is 1.00 e. The van der Waals surface area contributed by atoms with Crippen LogP contribution in [-0.2, 0) is 0 Å². The van der Waals surface area contributed by atoms with E-state index in [4.69, 9.17) is 30.3 Å². The van der Waals surface area contributed by atoms with Crippen LogP contribution in [0.3, 0.4) is 0 Å². The van der Waals surface area contributed by atoms with Gasteiger partial charge in [-0.05, 0) is 0 Å². The molecule has 0 fully saturated rings. The van der Waals surface area contributed by atoms with Gasteiger partial charge in [-0.15, -0.1) is 14.7 Å². The van der Waals surface area contributed by atoms with E-state index < -0.39 is 0 Å². The summed E-state index contributed by atoms with van der Waals surface area (Å²) in [5, 5.41) is 23.7. The van der Waals surface area contributed by atoms with Gasteiger partial charge in [-0.3, -0.25) is 0 Å². The molecule has 0 aromatic carbocycles. The van der Waals surface area contributed by atoms with E-state index in [-0.39, 0.29) is 124 Å². The van der Waals surface area contributed by atoms with Crippen LogP contribution in [0, 0.1) is 14.7 Å². The van der Waals surface area contributed by atoms with Gasteiger partial charge >= 0.3 is 118 Å². The van der Waals surface area contributed by atoms with Crippen LogP contribution < -0.4 is 118 Å². The average Bonchev–Trinajstić information content (AvgIpc) is 1.70. The third-order valence-electron chi connectivity index (χ3n) is 0. The summed E-state index contributed by atoms with van der Waals surface area (Å²) in [7, 11) is 0. The number of hydrogen-bond acceptors (Lipinski definition) is 6. The van der Waals surface area contributed by atoms with Crippen molar-refractivity contribution in [2.24, 2.45) is 16.0 Å². The molecule has 0 heterocycles. The Balaban J connectivity index is -0.00000000286. The Morgan fingerprint density at radius 1 is 0.615 bits per heavy atom. The fourth-order valence-corrected chi connectivity index (χ4v) is 0. The molecule has 0 aromatic rings. The quantitative estimate of drug-likeness (QED) is 0.216. The molecule has 0 bridgehead atoms. The molecule has 0 aromatic heterocycles. The van der Waals surface area contributed by atoms with E-state index in [0.717, 1.165) is 0 Å². The van der Waals surface area contributed by atoms with Crippen molar-refractivity contribution in [1.82, 2.24) is 0 Å². The molecule has 0 spiro atoms. The topological polar surface area (TPSA) is 149 Å². The Morgan fingerprint density at radius 2 is 0.615 bits per heavy atom. The van der Waals surface area contributed by atoms with Gasteiger partial charge in [0.2, 0.25) is 0 Å². The van der Waals surface area contributed by atoms with E-state index in [1.165, 1.54) is 16.0 Å².